The predicted molar refractivity (Wildman–Crippen MR) is 101 cm³/mol. The van der Waals surface area contributed by atoms with Gasteiger partial charge in [-0.15, -0.1) is 0 Å². The maximum absolute atomic E-state index is 13.0. The van der Waals surface area contributed by atoms with Gasteiger partial charge in [-0.3, -0.25) is 0 Å². The summed E-state index contributed by atoms with van der Waals surface area (Å²) in [6.07, 6.45) is 0. The molecule has 5 heteroatoms. The van der Waals surface area contributed by atoms with E-state index in [1.54, 1.807) is 14.2 Å². The molecular formula is C22H17NO4. The summed E-state index contributed by atoms with van der Waals surface area (Å²) in [5, 5.41) is 3.09. The molecule has 5 nitrogen and oxygen atoms in total. The van der Waals surface area contributed by atoms with Crippen molar-refractivity contribution < 1.29 is 19.0 Å². The van der Waals surface area contributed by atoms with Gasteiger partial charge in [-0.25, -0.2) is 4.79 Å². The third-order valence-corrected chi connectivity index (χ3v) is 5.21. The lowest BCUT2D eigenvalue weighted by molar-refractivity contribution is 0.0220. The zero-order chi connectivity index (χ0) is 18.6. The van der Waals surface area contributed by atoms with E-state index in [1.165, 1.54) is 0 Å². The van der Waals surface area contributed by atoms with Gasteiger partial charge in [0.2, 0.25) is 0 Å². The highest BCUT2D eigenvalue weighted by Gasteiger charge is 2.55. The minimum atomic E-state index is -1.12. The molecule has 0 saturated heterocycles. The van der Waals surface area contributed by atoms with Crippen LogP contribution in [0.2, 0.25) is 0 Å². The van der Waals surface area contributed by atoms with Crippen molar-refractivity contribution in [2.24, 2.45) is 0 Å². The number of para-hydroxylation sites is 2. The number of esters is 1. The zero-order valence-corrected chi connectivity index (χ0v) is 14.9. The van der Waals surface area contributed by atoms with Gasteiger partial charge < -0.3 is 19.5 Å². The summed E-state index contributed by atoms with van der Waals surface area (Å²) in [4.78, 5) is 13.0. The number of methoxy groups -OCH3 is 1. The van der Waals surface area contributed by atoms with E-state index in [0.29, 0.717) is 34.1 Å². The Kier molecular flexibility index (Phi) is 3.22. The van der Waals surface area contributed by atoms with Crippen molar-refractivity contribution >= 4 is 11.7 Å². The Labute approximate surface area is 156 Å². The first-order valence-corrected chi connectivity index (χ1v) is 8.70. The van der Waals surface area contributed by atoms with Gasteiger partial charge in [0.15, 0.2) is 5.60 Å². The third-order valence-electron chi connectivity index (χ3n) is 5.21. The molecule has 2 aliphatic heterocycles. The van der Waals surface area contributed by atoms with Gasteiger partial charge in [-0.05, 0) is 24.3 Å². The number of rotatable bonds is 2. The Morgan fingerprint density at radius 3 is 2.15 bits per heavy atom. The van der Waals surface area contributed by atoms with Crippen LogP contribution in [0.5, 0.6) is 17.2 Å². The van der Waals surface area contributed by atoms with E-state index in [9.17, 15) is 4.79 Å². The lowest BCUT2D eigenvalue weighted by atomic mass is 9.77. The SMILES string of the molecule is CNc1ccc(OC)c2c1C(=O)OC21c2ccccc2Oc2ccccc21. The smallest absolute Gasteiger partial charge is 0.342 e. The van der Waals surface area contributed by atoms with Crippen LogP contribution < -0.4 is 14.8 Å². The second-order valence-corrected chi connectivity index (χ2v) is 6.48. The Hall–Kier alpha value is -3.47. The highest BCUT2D eigenvalue weighted by atomic mass is 16.6. The number of nitrogens with one attached hydrogen (secondary N) is 1. The molecule has 0 bridgehead atoms. The van der Waals surface area contributed by atoms with Crippen LogP contribution >= 0.6 is 0 Å². The van der Waals surface area contributed by atoms with E-state index >= 15 is 0 Å². The highest BCUT2D eigenvalue weighted by molar-refractivity contribution is 6.03. The molecule has 27 heavy (non-hydrogen) atoms. The quantitative estimate of drug-likeness (QED) is 0.691. The summed E-state index contributed by atoms with van der Waals surface area (Å²) >= 11 is 0. The van der Waals surface area contributed by atoms with Crippen LogP contribution in [0, 0.1) is 0 Å². The Morgan fingerprint density at radius 1 is 0.926 bits per heavy atom. The summed E-state index contributed by atoms with van der Waals surface area (Å²) in [6, 6.07) is 18.9. The molecule has 3 aromatic carbocycles. The van der Waals surface area contributed by atoms with Gasteiger partial charge in [-0.2, -0.15) is 0 Å². The van der Waals surface area contributed by atoms with E-state index in [0.717, 1.165) is 11.1 Å². The molecule has 0 radical (unpaired) electrons. The lowest BCUT2D eigenvalue weighted by Gasteiger charge is -2.36. The fourth-order valence-corrected chi connectivity index (χ4v) is 4.10. The average Bonchev–Trinajstić information content (AvgIpc) is 3.02. The molecule has 0 unspecified atom stereocenters. The maximum Gasteiger partial charge on any atom is 0.342 e. The molecule has 0 fully saturated rings. The first kappa shape index (κ1) is 15.8. The van der Waals surface area contributed by atoms with Gasteiger partial charge in [-0.1, -0.05) is 36.4 Å². The van der Waals surface area contributed by atoms with E-state index in [1.807, 2.05) is 60.7 Å². The van der Waals surface area contributed by atoms with Crippen LogP contribution in [0.25, 0.3) is 0 Å². The Balaban J connectivity index is 1.95. The van der Waals surface area contributed by atoms with E-state index < -0.39 is 5.60 Å². The number of carbonyl (C=O) groups excluding carboxylic acids is 1. The zero-order valence-electron chi connectivity index (χ0n) is 14.9. The van der Waals surface area contributed by atoms with Gasteiger partial charge in [0, 0.05) is 23.9 Å². The summed E-state index contributed by atoms with van der Waals surface area (Å²) in [6.45, 7) is 0. The van der Waals surface area contributed by atoms with Crippen molar-refractivity contribution in [2.45, 2.75) is 5.60 Å². The van der Waals surface area contributed by atoms with Crippen molar-refractivity contribution in [3.05, 3.63) is 82.9 Å². The van der Waals surface area contributed by atoms with Crippen LogP contribution in [0.4, 0.5) is 5.69 Å². The van der Waals surface area contributed by atoms with Crippen LogP contribution in [-0.4, -0.2) is 20.1 Å². The minimum Gasteiger partial charge on any atom is -0.496 e. The molecule has 2 heterocycles. The number of benzene rings is 3. The van der Waals surface area contributed by atoms with Crippen LogP contribution in [0.1, 0.15) is 27.0 Å². The summed E-state index contributed by atoms with van der Waals surface area (Å²) in [7, 11) is 3.38. The predicted octanol–water partition coefficient (Wildman–Crippen LogP) is 4.30. The number of ether oxygens (including phenoxy) is 3. The molecule has 3 aromatic rings. The fourth-order valence-electron chi connectivity index (χ4n) is 4.10. The number of hydrogen-bond donors (Lipinski definition) is 1. The van der Waals surface area contributed by atoms with Gasteiger partial charge in [0.25, 0.3) is 0 Å². The normalized spacial score (nSPS) is 15.3. The molecule has 0 aromatic heterocycles. The van der Waals surface area contributed by atoms with Gasteiger partial charge in [0.1, 0.15) is 17.2 Å². The Bertz CT molecular complexity index is 1040. The summed E-state index contributed by atoms with van der Waals surface area (Å²) in [5.41, 5.74) is 2.34. The van der Waals surface area contributed by atoms with E-state index in [2.05, 4.69) is 5.32 Å². The molecular weight excluding hydrogens is 342 g/mol. The first-order chi connectivity index (χ1) is 13.2. The molecule has 5 rings (SSSR count). The van der Waals surface area contributed by atoms with Crippen molar-refractivity contribution in [3.63, 3.8) is 0 Å². The minimum absolute atomic E-state index is 0.389. The van der Waals surface area contributed by atoms with Gasteiger partial charge >= 0.3 is 5.97 Å². The second kappa shape index (κ2) is 5.51. The molecule has 0 atom stereocenters. The largest absolute Gasteiger partial charge is 0.496 e. The van der Waals surface area contributed by atoms with Crippen LogP contribution in [-0.2, 0) is 10.3 Å². The van der Waals surface area contributed by atoms with Crippen molar-refractivity contribution in [1.29, 1.82) is 0 Å². The van der Waals surface area contributed by atoms with Crippen LogP contribution in [0.15, 0.2) is 60.7 Å². The maximum atomic E-state index is 13.0. The summed E-state index contributed by atoms with van der Waals surface area (Å²) < 4.78 is 17.9. The molecule has 0 aliphatic carbocycles. The molecule has 0 saturated carbocycles. The van der Waals surface area contributed by atoms with E-state index in [4.69, 9.17) is 14.2 Å². The fraction of sp³-hybridized carbons (Fsp3) is 0.136. The number of carbonyl (C=O) groups is 1. The van der Waals surface area contributed by atoms with E-state index in [-0.39, 0.29) is 5.97 Å². The van der Waals surface area contributed by atoms with Crippen molar-refractivity contribution in [1.82, 2.24) is 0 Å². The number of hydrogen-bond acceptors (Lipinski definition) is 5. The monoisotopic (exact) mass is 359 g/mol. The third kappa shape index (κ3) is 1.91. The molecule has 1 spiro atoms. The molecule has 1 N–H and O–H groups in total. The number of fused-ring (bicyclic) bond motifs is 6. The number of anilines is 1. The first-order valence-electron chi connectivity index (χ1n) is 8.70. The molecule has 134 valence electrons. The standard InChI is InChI=1S/C22H17NO4/c1-23-15-11-12-18(25-2)20-19(15)21(24)27-22(20)13-7-3-5-9-16(13)26-17-10-6-4-8-14(17)22/h3-12,23H,1-2H3. The Morgan fingerprint density at radius 2 is 1.56 bits per heavy atom. The van der Waals surface area contributed by atoms with Crippen LogP contribution in [0.3, 0.4) is 0 Å². The molecule has 2 aliphatic rings. The lowest BCUT2D eigenvalue weighted by Crippen LogP contribution is -2.33. The summed E-state index contributed by atoms with van der Waals surface area (Å²) in [5.74, 6) is 1.53. The topological polar surface area (TPSA) is 56.8 Å². The average molecular weight is 359 g/mol. The second-order valence-electron chi connectivity index (χ2n) is 6.48. The van der Waals surface area contributed by atoms with Crippen molar-refractivity contribution in [2.75, 3.05) is 19.5 Å². The highest BCUT2D eigenvalue weighted by Crippen LogP contribution is 2.58. The van der Waals surface area contributed by atoms with Gasteiger partial charge in [0.05, 0.1) is 18.2 Å². The van der Waals surface area contributed by atoms with Crippen molar-refractivity contribution in [3.8, 4) is 17.2 Å². The molecule has 0 amide bonds.